The number of hydrogen-bond donors (Lipinski definition) is 1. The summed E-state index contributed by atoms with van der Waals surface area (Å²) in [5, 5.41) is 6.98. The number of aryl methyl sites for hydroxylation is 1. The molecule has 7 heteroatoms. The molecule has 0 bridgehead atoms. The number of amides is 2. The van der Waals surface area contributed by atoms with Crippen LogP contribution in [0.5, 0.6) is 5.75 Å². The Morgan fingerprint density at radius 2 is 2.00 bits per heavy atom. The van der Waals surface area contributed by atoms with Gasteiger partial charge in [0.15, 0.2) is 5.69 Å². The molecule has 0 radical (unpaired) electrons. The van der Waals surface area contributed by atoms with Crippen molar-refractivity contribution in [2.24, 2.45) is 7.05 Å². The zero-order valence-electron chi connectivity index (χ0n) is 13.9. The van der Waals surface area contributed by atoms with E-state index in [2.05, 4.69) is 10.4 Å². The Bertz CT molecular complexity index is 750. The van der Waals surface area contributed by atoms with E-state index in [4.69, 9.17) is 4.74 Å². The molecular formula is C16H20N4O3. The molecule has 2 rings (SSSR count). The lowest BCUT2D eigenvalue weighted by Gasteiger charge is -2.11. The smallest absolute Gasteiger partial charge is 0.276 e. The molecule has 0 unspecified atom stereocenters. The Balaban J connectivity index is 2.35. The van der Waals surface area contributed by atoms with Crippen LogP contribution >= 0.6 is 0 Å². The van der Waals surface area contributed by atoms with Gasteiger partial charge in [-0.25, -0.2) is 0 Å². The van der Waals surface area contributed by atoms with Crippen molar-refractivity contribution in [3.8, 4) is 5.75 Å². The molecule has 2 aromatic rings. The summed E-state index contributed by atoms with van der Waals surface area (Å²) in [7, 11) is 6.54. The number of methoxy groups -OCH3 is 1. The van der Waals surface area contributed by atoms with Crippen LogP contribution in [-0.4, -0.2) is 47.7 Å². The topological polar surface area (TPSA) is 76.5 Å². The Kier molecular flexibility index (Phi) is 4.68. The SMILES string of the molecule is COc1cccc(C(=O)Nc2c(C(=O)N(C)C)nn(C)c2C)c1. The molecule has 0 aliphatic rings. The molecule has 0 saturated heterocycles. The van der Waals surface area contributed by atoms with Crippen molar-refractivity contribution in [2.75, 3.05) is 26.5 Å². The standard InChI is InChI=1S/C16H20N4O3/c1-10-13(14(18-20(10)4)16(22)19(2)3)17-15(21)11-7-6-8-12(9-11)23-5/h6-9H,1-5H3,(H,17,21). The van der Waals surface area contributed by atoms with E-state index in [1.165, 1.54) is 12.0 Å². The molecule has 0 fully saturated rings. The number of benzene rings is 1. The van der Waals surface area contributed by atoms with E-state index in [-0.39, 0.29) is 17.5 Å². The molecule has 23 heavy (non-hydrogen) atoms. The van der Waals surface area contributed by atoms with Gasteiger partial charge in [-0.2, -0.15) is 5.10 Å². The maximum atomic E-state index is 12.5. The number of aromatic nitrogens is 2. The molecule has 2 amide bonds. The summed E-state index contributed by atoms with van der Waals surface area (Å²) in [4.78, 5) is 26.1. The zero-order chi connectivity index (χ0) is 17.1. The summed E-state index contributed by atoms with van der Waals surface area (Å²) in [5.41, 5.74) is 1.77. The summed E-state index contributed by atoms with van der Waals surface area (Å²) in [5.74, 6) is -0.00685. The van der Waals surface area contributed by atoms with Crippen molar-refractivity contribution in [1.29, 1.82) is 0 Å². The van der Waals surface area contributed by atoms with Crippen LogP contribution in [0.25, 0.3) is 0 Å². The fourth-order valence-corrected chi connectivity index (χ4v) is 2.07. The third-order valence-corrected chi connectivity index (χ3v) is 3.51. The number of rotatable bonds is 4. The van der Waals surface area contributed by atoms with Gasteiger partial charge in [0.05, 0.1) is 18.5 Å². The van der Waals surface area contributed by atoms with Gasteiger partial charge in [-0.15, -0.1) is 0 Å². The Morgan fingerprint density at radius 3 is 2.61 bits per heavy atom. The quantitative estimate of drug-likeness (QED) is 0.931. The van der Waals surface area contributed by atoms with Gasteiger partial charge >= 0.3 is 0 Å². The molecule has 0 spiro atoms. The summed E-state index contributed by atoms with van der Waals surface area (Å²) >= 11 is 0. The molecule has 7 nitrogen and oxygen atoms in total. The monoisotopic (exact) mass is 316 g/mol. The van der Waals surface area contributed by atoms with E-state index >= 15 is 0 Å². The Labute approximate surface area is 134 Å². The van der Waals surface area contributed by atoms with Crippen molar-refractivity contribution in [2.45, 2.75) is 6.92 Å². The van der Waals surface area contributed by atoms with Gasteiger partial charge in [0.1, 0.15) is 5.75 Å². The fourth-order valence-electron chi connectivity index (χ4n) is 2.07. The van der Waals surface area contributed by atoms with Gasteiger partial charge in [-0.05, 0) is 25.1 Å². The van der Waals surface area contributed by atoms with E-state index < -0.39 is 0 Å². The van der Waals surface area contributed by atoms with Gasteiger partial charge < -0.3 is 15.0 Å². The van der Waals surface area contributed by atoms with Gasteiger partial charge in [-0.3, -0.25) is 14.3 Å². The summed E-state index contributed by atoms with van der Waals surface area (Å²) in [6.07, 6.45) is 0. The first-order valence-electron chi connectivity index (χ1n) is 7.05. The lowest BCUT2D eigenvalue weighted by atomic mass is 10.2. The molecule has 1 aromatic carbocycles. The van der Waals surface area contributed by atoms with Crippen molar-refractivity contribution in [1.82, 2.24) is 14.7 Å². The molecule has 1 N–H and O–H groups in total. The minimum atomic E-state index is -0.326. The molecule has 0 aliphatic heterocycles. The third kappa shape index (κ3) is 3.33. The Hall–Kier alpha value is -2.83. The number of carbonyl (C=O) groups excluding carboxylic acids is 2. The first-order chi connectivity index (χ1) is 10.8. The predicted molar refractivity (Wildman–Crippen MR) is 86.9 cm³/mol. The van der Waals surface area contributed by atoms with Gasteiger partial charge in [0.25, 0.3) is 11.8 Å². The average molecular weight is 316 g/mol. The lowest BCUT2D eigenvalue weighted by Crippen LogP contribution is -2.24. The number of hydrogen-bond acceptors (Lipinski definition) is 4. The third-order valence-electron chi connectivity index (χ3n) is 3.51. The average Bonchev–Trinajstić information content (AvgIpc) is 2.82. The van der Waals surface area contributed by atoms with Crippen LogP contribution in [0.15, 0.2) is 24.3 Å². The van der Waals surface area contributed by atoms with E-state index in [0.29, 0.717) is 22.7 Å². The summed E-state index contributed by atoms with van der Waals surface area (Å²) in [6, 6.07) is 6.80. The van der Waals surface area contributed by atoms with Gasteiger partial charge in [0.2, 0.25) is 0 Å². The molecular weight excluding hydrogens is 296 g/mol. The number of nitrogens with one attached hydrogen (secondary N) is 1. The van der Waals surface area contributed by atoms with Crippen LogP contribution in [0.2, 0.25) is 0 Å². The largest absolute Gasteiger partial charge is 0.497 e. The molecule has 1 aromatic heterocycles. The number of nitrogens with zero attached hydrogens (tertiary/aromatic N) is 3. The summed E-state index contributed by atoms with van der Waals surface area (Å²) < 4.78 is 6.69. The van der Waals surface area contributed by atoms with E-state index in [1.54, 1.807) is 57.0 Å². The highest BCUT2D eigenvalue weighted by Crippen LogP contribution is 2.22. The molecule has 0 aliphatic carbocycles. The first kappa shape index (κ1) is 16.5. The minimum Gasteiger partial charge on any atom is -0.497 e. The molecule has 0 atom stereocenters. The highest BCUT2D eigenvalue weighted by molar-refractivity contribution is 6.08. The van der Waals surface area contributed by atoms with Gasteiger partial charge in [0, 0.05) is 26.7 Å². The first-order valence-corrected chi connectivity index (χ1v) is 7.05. The minimum absolute atomic E-state index is 0.214. The second-order valence-electron chi connectivity index (χ2n) is 5.32. The van der Waals surface area contributed by atoms with Crippen molar-refractivity contribution < 1.29 is 14.3 Å². The lowest BCUT2D eigenvalue weighted by molar-refractivity contribution is 0.0822. The summed E-state index contributed by atoms with van der Waals surface area (Å²) in [6.45, 7) is 1.79. The number of carbonyl (C=O) groups is 2. The molecule has 0 saturated carbocycles. The van der Waals surface area contributed by atoms with Crippen LogP contribution in [-0.2, 0) is 7.05 Å². The predicted octanol–water partition coefficient (Wildman–Crippen LogP) is 1.69. The molecule has 1 heterocycles. The Morgan fingerprint density at radius 1 is 1.30 bits per heavy atom. The zero-order valence-corrected chi connectivity index (χ0v) is 13.9. The second kappa shape index (κ2) is 6.51. The van der Waals surface area contributed by atoms with Crippen LogP contribution < -0.4 is 10.1 Å². The van der Waals surface area contributed by atoms with E-state index in [1.807, 2.05) is 0 Å². The van der Waals surface area contributed by atoms with E-state index in [0.717, 1.165) is 0 Å². The number of anilines is 1. The van der Waals surface area contributed by atoms with Crippen LogP contribution in [0.4, 0.5) is 5.69 Å². The van der Waals surface area contributed by atoms with Crippen molar-refractivity contribution in [3.63, 3.8) is 0 Å². The second-order valence-corrected chi connectivity index (χ2v) is 5.32. The highest BCUT2D eigenvalue weighted by Gasteiger charge is 2.23. The van der Waals surface area contributed by atoms with Crippen LogP contribution in [0.3, 0.4) is 0 Å². The fraction of sp³-hybridized carbons (Fsp3) is 0.312. The van der Waals surface area contributed by atoms with Crippen LogP contribution in [0, 0.1) is 6.92 Å². The van der Waals surface area contributed by atoms with E-state index in [9.17, 15) is 9.59 Å². The highest BCUT2D eigenvalue weighted by atomic mass is 16.5. The number of ether oxygens (including phenoxy) is 1. The molecule has 122 valence electrons. The maximum Gasteiger partial charge on any atom is 0.276 e. The van der Waals surface area contributed by atoms with Crippen molar-refractivity contribution >= 4 is 17.5 Å². The normalized spacial score (nSPS) is 10.3. The van der Waals surface area contributed by atoms with Crippen LogP contribution in [0.1, 0.15) is 26.5 Å². The van der Waals surface area contributed by atoms with Crippen molar-refractivity contribution in [3.05, 3.63) is 41.2 Å². The maximum absolute atomic E-state index is 12.5. The van der Waals surface area contributed by atoms with Gasteiger partial charge in [-0.1, -0.05) is 6.07 Å².